The van der Waals surface area contributed by atoms with Gasteiger partial charge in [-0.15, -0.1) is 0 Å². The summed E-state index contributed by atoms with van der Waals surface area (Å²) in [6, 6.07) is 20.4. The Labute approximate surface area is 238 Å². The van der Waals surface area contributed by atoms with Crippen molar-refractivity contribution >= 4 is 28.9 Å². The third-order valence-corrected chi connectivity index (χ3v) is 6.59. The van der Waals surface area contributed by atoms with Crippen molar-refractivity contribution in [3.8, 4) is 11.5 Å². The van der Waals surface area contributed by atoms with Crippen molar-refractivity contribution in [3.63, 3.8) is 0 Å². The van der Waals surface area contributed by atoms with Gasteiger partial charge in [0.05, 0.1) is 24.6 Å². The number of ether oxygens (including phenoxy) is 2. The first-order valence-electron chi connectivity index (χ1n) is 13.3. The fourth-order valence-corrected chi connectivity index (χ4v) is 4.86. The second-order valence-electron chi connectivity index (χ2n) is 9.33. The minimum absolute atomic E-state index is 0.0410. The van der Waals surface area contributed by atoms with Crippen LogP contribution >= 0.6 is 0 Å². The second-order valence-corrected chi connectivity index (χ2v) is 9.33. The number of hydrogen-bond acceptors (Lipinski definition) is 7. The number of rotatable bonds is 10. The van der Waals surface area contributed by atoms with Gasteiger partial charge >= 0.3 is 0 Å². The minimum atomic E-state index is -1.12. The van der Waals surface area contributed by atoms with Gasteiger partial charge in [0.15, 0.2) is 5.69 Å². The molecule has 1 aliphatic heterocycles. The zero-order valence-corrected chi connectivity index (χ0v) is 23.4. The predicted octanol–water partition coefficient (Wildman–Crippen LogP) is 4.40. The first-order chi connectivity index (χ1) is 19.7. The van der Waals surface area contributed by atoms with Crippen molar-refractivity contribution < 1.29 is 29.5 Å². The molecule has 4 rings (SSSR count). The Kier molecular flexibility index (Phi) is 9.41. The van der Waals surface area contributed by atoms with Gasteiger partial charge in [-0.05, 0) is 57.5 Å². The number of carbonyl (C=O) groups is 2. The van der Waals surface area contributed by atoms with Gasteiger partial charge in [-0.2, -0.15) is 5.23 Å². The van der Waals surface area contributed by atoms with Gasteiger partial charge in [0.25, 0.3) is 11.8 Å². The molecule has 0 bridgehead atoms. The second kappa shape index (κ2) is 13.1. The van der Waals surface area contributed by atoms with Crippen LogP contribution in [0, 0.1) is 5.21 Å². The number of nitrogens with one attached hydrogen (secondary N) is 4. The first kappa shape index (κ1) is 29.3. The maximum absolute atomic E-state index is 14.0. The molecule has 214 valence electrons. The highest BCUT2D eigenvalue weighted by Crippen LogP contribution is 2.40. The number of carbonyl (C=O) groups excluding carboxylic acids is 2. The summed E-state index contributed by atoms with van der Waals surface area (Å²) in [5.41, 5.74) is 3.08. The lowest BCUT2D eigenvalue weighted by atomic mass is 9.79. The molecule has 10 nitrogen and oxygen atoms in total. The van der Waals surface area contributed by atoms with Crippen molar-refractivity contribution in [2.45, 2.75) is 33.6 Å². The highest BCUT2D eigenvalue weighted by Gasteiger charge is 2.37. The van der Waals surface area contributed by atoms with E-state index in [0.717, 1.165) is 0 Å². The Morgan fingerprint density at radius 1 is 0.829 bits per heavy atom. The summed E-state index contributed by atoms with van der Waals surface area (Å²) in [6.45, 7) is 8.03. The molecule has 0 spiro atoms. The highest BCUT2D eigenvalue weighted by atomic mass is 16.8. The Morgan fingerprint density at radius 2 is 1.32 bits per heavy atom. The molecule has 0 aliphatic carbocycles. The summed E-state index contributed by atoms with van der Waals surface area (Å²) in [4.78, 5) is 27.9. The molecule has 1 aliphatic rings. The van der Waals surface area contributed by atoms with Gasteiger partial charge in [0.2, 0.25) is 0 Å². The number of dihydropyridines is 1. The molecule has 5 N–H and O–H groups in total. The monoisotopic (exact) mass is 558 g/mol. The fourth-order valence-electron chi connectivity index (χ4n) is 4.86. The Morgan fingerprint density at radius 3 is 1.78 bits per heavy atom. The molecular formula is C31H34N4O6. The van der Waals surface area contributed by atoms with E-state index in [9.17, 15) is 20.0 Å². The van der Waals surface area contributed by atoms with Crippen molar-refractivity contribution in [3.05, 3.63) is 106 Å². The third kappa shape index (κ3) is 6.58. The normalized spacial score (nSPS) is 14.3. The molecule has 3 aromatic carbocycles. The van der Waals surface area contributed by atoms with Crippen LogP contribution in [0.4, 0.5) is 17.1 Å². The molecule has 41 heavy (non-hydrogen) atoms. The van der Waals surface area contributed by atoms with E-state index in [0.29, 0.717) is 53.0 Å². The summed E-state index contributed by atoms with van der Waals surface area (Å²) in [7, 11) is 0. The van der Waals surface area contributed by atoms with Gasteiger partial charge in [-0.1, -0.05) is 36.4 Å². The van der Waals surface area contributed by atoms with Crippen molar-refractivity contribution in [1.29, 1.82) is 0 Å². The van der Waals surface area contributed by atoms with Crippen LogP contribution in [-0.2, 0) is 9.59 Å². The summed E-state index contributed by atoms with van der Waals surface area (Å²) in [5.74, 6) is -0.783. The quantitative estimate of drug-likeness (QED) is 0.233. The predicted molar refractivity (Wildman–Crippen MR) is 156 cm³/mol. The topological polar surface area (TPSA) is 136 Å². The lowest BCUT2D eigenvalue weighted by Gasteiger charge is -2.32. The highest BCUT2D eigenvalue weighted by molar-refractivity contribution is 6.12. The van der Waals surface area contributed by atoms with E-state index >= 15 is 0 Å². The van der Waals surface area contributed by atoms with Gasteiger partial charge in [-0.25, -0.2) is 5.21 Å². The van der Waals surface area contributed by atoms with Crippen LogP contribution in [0.2, 0.25) is 0 Å². The number of allylic oxidation sites excluding steroid dienone is 2. The largest absolute Gasteiger partial charge is 0.595 e. The Balaban J connectivity index is 1.80. The van der Waals surface area contributed by atoms with E-state index in [4.69, 9.17) is 9.47 Å². The zero-order chi connectivity index (χ0) is 29.5. The maximum atomic E-state index is 14.0. The van der Waals surface area contributed by atoms with E-state index < -0.39 is 23.0 Å². The number of benzene rings is 3. The van der Waals surface area contributed by atoms with Crippen LogP contribution in [0.15, 0.2) is 95.3 Å². The zero-order valence-electron chi connectivity index (χ0n) is 23.4. The minimum Gasteiger partial charge on any atom is -0.595 e. The number of anilines is 2. The average molecular weight is 559 g/mol. The Bertz CT molecular complexity index is 1410. The van der Waals surface area contributed by atoms with Crippen LogP contribution in [-0.4, -0.2) is 30.2 Å². The van der Waals surface area contributed by atoms with E-state index in [2.05, 4.69) is 16.0 Å². The van der Waals surface area contributed by atoms with Gasteiger partial charge in [0, 0.05) is 40.6 Å². The van der Waals surface area contributed by atoms with E-state index in [1.807, 2.05) is 26.0 Å². The van der Waals surface area contributed by atoms with E-state index in [1.54, 1.807) is 62.4 Å². The maximum Gasteiger partial charge on any atom is 0.254 e. The first-order valence-corrected chi connectivity index (χ1v) is 13.3. The van der Waals surface area contributed by atoms with Gasteiger partial charge in [0.1, 0.15) is 11.5 Å². The van der Waals surface area contributed by atoms with Crippen LogP contribution in [0.3, 0.4) is 0 Å². The van der Waals surface area contributed by atoms with Crippen molar-refractivity contribution in [2.24, 2.45) is 0 Å². The lowest BCUT2D eigenvalue weighted by molar-refractivity contribution is -0.991. The van der Waals surface area contributed by atoms with E-state index in [1.165, 1.54) is 12.1 Å². The number of hydrogen-bond donors (Lipinski definition) is 5. The molecule has 1 unspecified atom stereocenters. The average Bonchev–Trinajstić information content (AvgIpc) is 2.95. The van der Waals surface area contributed by atoms with Crippen molar-refractivity contribution in [2.75, 3.05) is 23.8 Å². The molecule has 1 heterocycles. The van der Waals surface area contributed by atoms with Crippen LogP contribution in [0.5, 0.6) is 11.5 Å². The molecule has 1 atom stereocenters. The molecule has 2 amide bonds. The number of quaternary nitrogens is 1. The molecular weight excluding hydrogens is 524 g/mol. The third-order valence-electron chi connectivity index (χ3n) is 6.59. The standard InChI is InChI=1S/C31H34N4O6/c1-5-40-25-16-9-7-14-23(25)33-30(36)27-19(3)32-20(4)28(29(27)21-12-11-13-22(18-21)35(38)39)31(37)34-24-15-8-10-17-26(24)41-6-2/h7-18,29,32,35,38H,5-6H2,1-4H3,(H,33,36)(H,34,37). The molecule has 3 aromatic rings. The lowest BCUT2D eigenvalue weighted by Crippen LogP contribution is -2.99. The molecule has 10 heteroatoms. The van der Waals surface area contributed by atoms with Crippen LogP contribution in [0.1, 0.15) is 39.2 Å². The number of amides is 2. The summed E-state index contributed by atoms with van der Waals surface area (Å²) >= 11 is 0. The molecule has 0 aromatic heterocycles. The van der Waals surface area contributed by atoms with Crippen LogP contribution < -0.4 is 30.7 Å². The SMILES string of the molecule is CCOc1ccccc1NC(=O)C1=C(C)NC(C)=C(C(=O)Nc2ccccc2OCC)C1c1cccc([NH+]([O-])O)c1. The Hall–Kier alpha value is -4.64. The summed E-state index contributed by atoms with van der Waals surface area (Å²) in [6.07, 6.45) is 0. The van der Waals surface area contributed by atoms with Crippen LogP contribution in [0.25, 0.3) is 0 Å². The fraction of sp³-hybridized carbons (Fsp3) is 0.226. The van der Waals surface area contributed by atoms with Gasteiger partial charge in [-0.3, -0.25) is 9.59 Å². The van der Waals surface area contributed by atoms with Gasteiger partial charge < -0.3 is 30.6 Å². The summed E-state index contributed by atoms with van der Waals surface area (Å²) < 4.78 is 11.4. The molecule has 0 fully saturated rings. The van der Waals surface area contributed by atoms with E-state index in [-0.39, 0.29) is 16.8 Å². The van der Waals surface area contributed by atoms with Crippen molar-refractivity contribution in [1.82, 2.24) is 5.32 Å². The molecule has 0 saturated carbocycles. The summed E-state index contributed by atoms with van der Waals surface area (Å²) in [5, 5.41) is 29.5. The molecule has 0 radical (unpaired) electrons. The smallest absolute Gasteiger partial charge is 0.254 e. The number of para-hydroxylation sites is 4. The molecule has 0 saturated heterocycles.